The van der Waals surface area contributed by atoms with Gasteiger partial charge in [0.25, 0.3) is 11.6 Å². The fraction of sp³-hybridized carbons (Fsp3) is 0.0370. The number of nitrogens with zero attached hydrogens (tertiary/aromatic N) is 2. The van der Waals surface area contributed by atoms with Gasteiger partial charge in [-0.25, -0.2) is 9.38 Å². The number of aliphatic imine (C=N–C) groups is 1. The smallest absolute Gasteiger partial charge is 0.269 e. The van der Waals surface area contributed by atoms with Crippen molar-refractivity contribution in [2.75, 3.05) is 0 Å². The number of amidine groups is 1. The highest BCUT2D eigenvalue weighted by Crippen LogP contribution is 2.35. The summed E-state index contributed by atoms with van der Waals surface area (Å²) >= 11 is 1.19. The number of nitro groups is 1. The Balaban J connectivity index is 1.45. The van der Waals surface area contributed by atoms with Crippen LogP contribution in [0.3, 0.4) is 0 Å². The molecule has 4 aromatic carbocycles. The summed E-state index contributed by atoms with van der Waals surface area (Å²) < 4.78 is 19.3. The van der Waals surface area contributed by atoms with E-state index in [0.717, 1.165) is 21.9 Å². The van der Waals surface area contributed by atoms with Crippen LogP contribution in [0.2, 0.25) is 0 Å². The van der Waals surface area contributed by atoms with Crippen LogP contribution in [0.15, 0.2) is 94.8 Å². The molecule has 0 atom stereocenters. The van der Waals surface area contributed by atoms with E-state index in [1.54, 1.807) is 18.2 Å². The number of carbonyl (C=O) groups is 1. The highest BCUT2D eigenvalue weighted by atomic mass is 32.2. The number of carbonyl (C=O) groups excluding carboxylic acids is 1. The van der Waals surface area contributed by atoms with E-state index in [1.807, 2.05) is 36.4 Å². The predicted molar refractivity (Wildman–Crippen MR) is 139 cm³/mol. The summed E-state index contributed by atoms with van der Waals surface area (Å²) in [6.45, 7) is 0.198. The molecule has 178 valence electrons. The largest absolute Gasteiger partial charge is 0.488 e. The number of nitro benzene ring substituents is 1. The molecule has 1 heterocycles. The molecule has 1 amide bonds. The second-order valence-electron chi connectivity index (χ2n) is 7.87. The van der Waals surface area contributed by atoms with Crippen LogP contribution in [0.25, 0.3) is 16.8 Å². The Labute approximate surface area is 209 Å². The molecule has 36 heavy (non-hydrogen) atoms. The monoisotopic (exact) mass is 499 g/mol. The van der Waals surface area contributed by atoms with Crippen LogP contribution in [0.4, 0.5) is 15.8 Å². The van der Waals surface area contributed by atoms with Gasteiger partial charge < -0.3 is 10.1 Å². The molecule has 4 aromatic rings. The van der Waals surface area contributed by atoms with Gasteiger partial charge in [0.05, 0.1) is 15.5 Å². The lowest BCUT2D eigenvalue weighted by Crippen LogP contribution is -2.19. The van der Waals surface area contributed by atoms with Crippen molar-refractivity contribution in [1.29, 1.82) is 0 Å². The number of benzene rings is 4. The number of ether oxygens (including phenoxy) is 1. The van der Waals surface area contributed by atoms with Crippen LogP contribution in [-0.4, -0.2) is 16.0 Å². The van der Waals surface area contributed by atoms with Crippen molar-refractivity contribution in [2.45, 2.75) is 6.61 Å². The summed E-state index contributed by atoms with van der Waals surface area (Å²) in [6.07, 6.45) is 1.76. The average Bonchev–Trinajstić information content (AvgIpc) is 3.23. The number of hydrogen-bond donors (Lipinski definition) is 1. The minimum Gasteiger partial charge on any atom is -0.488 e. The van der Waals surface area contributed by atoms with Gasteiger partial charge in [0, 0.05) is 17.7 Å². The molecular weight excluding hydrogens is 481 g/mol. The first-order chi connectivity index (χ1) is 17.5. The number of nitrogens with one attached hydrogen (secondary N) is 1. The third kappa shape index (κ3) is 5.11. The number of fused-ring (bicyclic) bond motifs is 1. The highest BCUT2D eigenvalue weighted by molar-refractivity contribution is 8.18. The lowest BCUT2D eigenvalue weighted by Gasteiger charge is -2.12. The van der Waals surface area contributed by atoms with Crippen molar-refractivity contribution >= 4 is 51.1 Å². The molecule has 7 nitrogen and oxygen atoms in total. The predicted octanol–water partition coefficient (Wildman–Crippen LogP) is 6.36. The van der Waals surface area contributed by atoms with E-state index in [-0.39, 0.29) is 24.0 Å². The van der Waals surface area contributed by atoms with Gasteiger partial charge >= 0.3 is 0 Å². The third-order valence-corrected chi connectivity index (χ3v) is 6.37. The summed E-state index contributed by atoms with van der Waals surface area (Å²) in [5, 5.41) is 15.9. The van der Waals surface area contributed by atoms with Gasteiger partial charge in [-0.05, 0) is 76.6 Å². The van der Waals surface area contributed by atoms with Crippen LogP contribution in [-0.2, 0) is 11.4 Å². The van der Waals surface area contributed by atoms with Crippen molar-refractivity contribution in [1.82, 2.24) is 5.32 Å². The van der Waals surface area contributed by atoms with Crippen LogP contribution >= 0.6 is 11.8 Å². The first-order valence-electron chi connectivity index (χ1n) is 10.9. The molecule has 0 aliphatic carbocycles. The Morgan fingerprint density at radius 3 is 2.50 bits per heavy atom. The third-order valence-electron chi connectivity index (χ3n) is 5.46. The molecule has 1 N–H and O–H groups in total. The van der Waals surface area contributed by atoms with Crippen molar-refractivity contribution in [3.05, 3.63) is 117 Å². The van der Waals surface area contributed by atoms with Gasteiger partial charge in [-0.1, -0.05) is 30.3 Å². The van der Waals surface area contributed by atoms with E-state index >= 15 is 0 Å². The molecule has 9 heteroatoms. The maximum absolute atomic E-state index is 13.2. The standard InChI is InChI=1S/C27H18FN3O4S/c28-19-8-10-20(11-9-19)29-27-30-26(32)25(36-27)15-23-22-4-2-1-3-18(22)7-14-24(23)35-16-17-5-12-21(13-6-17)31(33)34/h1-15H,16H2,(H,29,30,32)/b25-15+. The molecule has 0 aromatic heterocycles. The zero-order valence-corrected chi connectivity index (χ0v) is 19.5. The van der Waals surface area contributed by atoms with Gasteiger partial charge in [0.15, 0.2) is 5.17 Å². The maximum Gasteiger partial charge on any atom is 0.269 e. The molecule has 1 saturated heterocycles. The number of halogens is 1. The summed E-state index contributed by atoms with van der Waals surface area (Å²) in [6, 6.07) is 23.4. The van der Waals surface area contributed by atoms with E-state index in [1.165, 1.54) is 48.2 Å². The molecule has 1 fully saturated rings. The molecule has 5 rings (SSSR count). The number of thioether (sulfide) groups is 1. The van der Waals surface area contributed by atoms with Crippen LogP contribution in [0.5, 0.6) is 5.75 Å². The number of amides is 1. The molecule has 0 spiro atoms. The first kappa shape index (κ1) is 23.3. The topological polar surface area (TPSA) is 93.8 Å². The van der Waals surface area contributed by atoms with E-state index < -0.39 is 4.92 Å². The van der Waals surface area contributed by atoms with Crippen LogP contribution < -0.4 is 10.1 Å². The van der Waals surface area contributed by atoms with Crippen molar-refractivity contribution in [2.24, 2.45) is 4.99 Å². The summed E-state index contributed by atoms with van der Waals surface area (Å²) in [4.78, 5) is 28.0. The van der Waals surface area contributed by atoms with E-state index in [4.69, 9.17) is 4.74 Å². The minimum absolute atomic E-state index is 0.0113. The normalized spacial score (nSPS) is 15.4. The zero-order valence-electron chi connectivity index (χ0n) is 18.7. The molecule has 0 bridgehead atoms. The summed E-state index contributed by atoms with van der Waals surface area (Å²) in [7, 11) is 0. The van der Waals surface area contributed by atoms with Gasteiger partial charge in [-0.3, -0.25) is 14.9 Å². The molecular formula is C27H18FN3O4S. The number of non-ortho nitro benzene ring substituents is 1. The van der Waals surface area contributed by atoms with Crippen molar-refractivity contribution in [3.63, 3.8) is 0 Å². The molecule has 1 aliphatic rings. The second kappa shape index (κ2) is 10.0. The Kier molecular flexibility index (Phi) is 6.46. The van der Waals surface area contributed by atoms with Crippen LogP contribution in [0.1, 0.15) is 11.1 Å². The van der Waals surface area contributed by atoms with E-state index in [0.29, 0.717) is 21.5 Å². The van der Waals surface area contributed by atoms with Gasteiger partial charge in [-0.2, -0.15) is 0 Å². The quantitative estimate of drug-likeness (QED) is 0.189. The molecule has 0 radical (unpaired) electrons. The Hall–Kier alpha value is -4.50. The first-order valence-corrected chi connectivity index (χ1v) is 11.7. The van der Waals surface area contributed by atoms with E-state index in [9.17, 15) is 19.3 Å². The van der Waals surface area contributed by atoms with E-state index in [2.05, 4.69) is 10.3 Å². The number of hydrogen-bond acceptors (Lipinski definition) is 6. The fourth-order valence-electron chi connectivity index (χ4n) is 3.67. The lowest BCUT2D eigenvalue weighted by atomic mass is 10.0. The fourth-order valence-corrected chi connectivity index (χ4v) is 4.49. The second-order valence-corrected chi connectivity index (χ2v) is 8.90. The van der Waals surface area contributed by atoms with Gasteiger partial charge in [-0.15, -0.1) is 0 Å². The Morgan fingerprint density at radius 2 is 1.75 bits per heavy atom. The minimum atomic E-state index is -0.448. The zero-order chi connectivity index (χ0) is 25.1. The lowest BCUT2D eigenvalue weighted by molar-refractivity contribution is -0.384. The SMILES string of the molecule is O=C1NC(=Nc2ccc(F)cc2)S/C1=C/c1c(OCc2ccc([N+](=O)[O-])cc2)ccc2ccccc12. The molecule has 0 saturated carbocycles. The molecule has 0 unspecified atom stereocenters. The van der Waals surface area contributed by atoms with Crippen molar-refractivity contribution < 1.29 is 18.8 Å². The summed E-state index contributed by atoms with van der Waals surface area (Å²) in [5.41, 5.74) is 2.04. The van der Waals surface area contributed by atoms with Crippen molar-refractivity contribution in [3.8, 4) is 5.75 Å². The Morgan fingerprint density at radius 1 is 1.00 bits per heavy atom. The number of rotatable bonds is 6. The highest BCUT2D eigenvalue weighted by Gasteiger charge is 2.25. The maximum atomic E-state index is 13.2. The Bertz CT molecular complexity index is 1530. The summed E-state index contributed by atoms with van der Waals surface area (Å²) in [5.74, 6) is -0.0909. The van der Waals surface area contributed by atoms with Crippen LogP contribution in [0, 0.1) is 15.9 Å². The molecule has 1 aliphatic heterocycles. The van der Waals surface area contributed by atoms with Gasteiger partial charge in [0.2, 0.25) is 0 Å². The van der Waals surface area contributed by atoms with Gasteiger partial charge in [0.1, 0.15) is 18.2 Å². The average molecular weight is 500 g/mol.